The van der Waals surface area contributed by atoms with Gasteiger partial charge in [0.1, 0.15) is 11.9 Å². The maximum absolute atomic E-state index is 5.98. The van der Waals surface area contributed by atoms with Crippen LogP contribution in [-0.4, -0.2) is 32.5 Å². The number of benzene rings is 1. The van der Waals surface area contributed by atoms with Gasteiger partial charge in [-0.1, -0.05) is 12.1 Å². The van der Waals surface area contributed by atoms with Gasteiger partial charge in [-0.3, -0.25) is 0 Å². The summed E-state index contributed by atoms with van der Waals surface area (Å²) in [7, 11) is 1.65. The van der Waals surface area contributed by atoms with Crippen LogP contribution in [0.2, 0.25) is 0 Å². The first kappa shape index (κ1) is 12.4. The second-order valence-electron chi connectivity index (χ2n) is 4.35. The van der Waals surface area contributed by atoms with Crippen molar-refractivity contribution < 1.29 is 14.2 Å². The number of hydrogen-bond acceptors (Lipinski definition) is 4. The van der Waals surface area contributed by atoms with Crippen LogP contribution in [0.1, 0.15) is 18.6 Å². The van der Waals surface area contributed by atoms with Gasteiger partial charge in [0.2, 0.25) is 0 Å². The van der Waals surface area contributed by atoms with Gasteiger partial charge in [-0.05, 0) is 24.6 Å². The molecule has 2 rings (SSSR count). The van der Waals surface area contributed by atoms with Gasteiger partial charge in [0, 0.05) is 6.04 Å². The van der Waals surface area contributed by atoms with Gasteiger partial charge in [-0.25, -0.2) is 0 Å². The average Bonchev–Trinajstić information content (AvgIpc) is 2.27. The fraction of sp³-hybridized carbons (Fsp3) is 0.538. The summed E-state index contributed by atoms with van der Waals surface area (Å²) in [6.07, 6.45) is 0.0520. The third-order valence-corrected chi connectivity index (χ3v) is 2.85. The second kappa shape index (κ2) is 5.49. The van der Waals surface area contributed by atoms with Crippen molar-refractivity contribution in [2.24, 2.45) is 5.73 Å². The van der Waals surface area contributed by atoms with Crippen LogP contribution in [0.25, 0.3) is 0 Å². The van der Waals surface area contributed by atoms with E-state index in [-0.39, 0.29) is 18.2 Å². The number of rotatable bonds is 5. The van der Waals surface area contributed by atoms with E-state index in [1.165, 1.54) is 0 Å². The molecule has 1 aromatic carbocycles. The van der Waals surface area contributed by atoms with Crippen molar-refractivity contribution in [2.45, 2.75) is 25.2 Å². The lowest BCUT2D eigenvalue weighted by Crippen LogP contribution is -2.40. The van der Waals surface area contributed by atoms with Crippen LogP contribution in [0.15, 0.2) is 24.3 Å². The minimum Gasteiger partial charge on any atom is -0.497 e. The van der Waals surface area contributed by atoms with E-state index in [0.717, 1.165) is 11.3 Å². The lowest BCUT2D eigenvalue weighted by molar-refractivity contribution is -0.159. The highest BCUT2D eigenvalue weighted by Gasteiger charge is 2.26. The zero-order valence-corrected chi connectivity index (χ0v) is 10.3. The van der Waals surface area contributed by atoms with Crippen molar-refractivity contribution in [2.75, 3.05) is 20.3 Å². The van der Waals surface area contributed by atoms with Crippen molar-refractivity contribution in [1.82, 2.24) is 0 Å². The van der Waals surface area contributed by atoms with Crippen LogP contribution in [0, 0.1) is 0 Å². The molecule has 0 amide bonds. The molecule has 1 fully saturated rings. The third kappa shape index (κ3) is 2.97. The third-order valence-electron chi connectivity index (χ3n) is 2.85. The zero-order chi connectivity index (χ0) is 12.3. The SMILES string of the molecule is COc1cccc(C(OC2COC2)C(C)N)c1. The Kier molecular flexibility index (Phi) is 3.99. The predicted molar refractivity (Wildman–Crippen MR) is 65.1 cm³/mol. The van der Waals surface area contributed by atoms with Gasteiger partial charge in [0.15, 0.2) is 0 Å². The smallest absolute Gasteiger partial charge is 0.119 e. The van der Waals surface area contributed by atoms with E-state index >= 15 is 0 Å². The molecular weight excluding hydrogens is 218 g/mol. The molecule has 1 heterocycles. The Labute approximate surface area is 102 Å². The van der Waals surface area contributed by atoms with Crippen molar-refractivity contribution >= 4 is 0 Å². The summed E-state index contributed by atoms with van der Waals surface area (Å²) in [5.74, 6) is 0.821. The molecule has 94 valence electrons. The number of ether oxygens (including phenoxy) is 3. The van der Waals surface area contributed by atoms with Crippen molar-refractivity contribution in [1.29, 1.82) is 0 Å². The molecule has 2 atom stereocenters. The van der Waals surface area contributed by atoms with Crippen molar-refractivity contribution in [3.05, 3.63) is 29.8 Å². The van der Waals surface area contributed by atoms with Gasteiger partial charge in [0.25, 0.3) is 0 Å². The van der Waals surface area contributed by atoms with E-state index in [9.17, 15) is 0 Å². The lowest BCUT2D eigenvalue weighted by Gasteiger charge is -2.32. The van der Waals surface area contributed by atoms with Gasteiger partial charge in [0.05, 0.1) is 26.4 Å². The van der Waals surface area contributed by atoms with Gasteiger partial charge < -0.3 is 19.9 Å². The monoisotopic (exact) mass is 237 g/mol. The molecule has 0 aromatic heterocycles. The average molecular weight is 237 g/mol. The molecule has 0 spiro atoms. The summed E-state index contributed by atoms with van der Waals surface area (Å²) in [6, 6.07) is 7.77. The summed E-state index contributed by atoms with van der Waals surface area (Å²) in [4.78, 5) is 0. The van der Waals surface area contributed by atoms with E-state index in [2.05, 4.69) is 0 Å². The number of methoxy groups -OCH3 is 1. The summed E-state index contributed by atoms with van der Waals surface area (Å²) in [6.45, 7) is 3.27. The molecular formula is C13H19NO3. The molecule has 0 saturated carbocycles. The highest BCUT2D eigenvalue weighted by molar-refractivity contribution is 5.30. The van der Waals surface area contributed by atoms with Gasteiger partial charge >= 0.3 is 0 Å². The van der Waals surface area contributed by atoms with E-state index < -0.39 is 0 Å². The maximum Gasteiger partial charge on any atom is 0.119 e. The minimum absolute atomic E-state index is 0.0669. The standard InChI is InChI=1S/C13H19NO3/c1-9(14)13(17-12-7-16-8-12)10-4-3-5-11(6-10)15-2/h3-6,9,12-13H,7-8,14H2,1-2H3. The molecule has 17 heavy (non-hydrogen) atoms. The second-order valence-corrected chi connectivity index (χ2v) is 4.35. The van der Waals surface area contributed by atoms with Gasteiger partial charge in [-0.15, -0.1) is 0 Å². The summed E-state index contributed by atoms with van der Waals surface area (Å²) < 4.78 is 16.2. The molecule has 1 aliphatic heterocycles. The molecule has 2 unspecified atom stereocenters. The van der Waals surface area contributed by atoms with Crippen LogP contribution >= 0.6 is 0 Å². The Morgan fingerprint density at radius 2 is 2.18 bits per heavy atom. The Bertz CT molecular complexity index is 363. The summed E-state index contributed by atoms with van der Waals surface area (Å²) in [5.41, 5.74) is 7.03. The fourth-order valence-corrected chi connectivity index (χ4v) is 1.82. The lowest BCUT2D eigenvalue weighted by atomic mass is 10.0. The Balaban J connectivity index is 2.12. The van der Waals surface area contributed by atoms with E-state index in [1.807, 2.05) is 31.2 Å². The summed E-state index contributed by atoms with van der Waals surface area (Å²) in [5, 5.41) is 0. The first-order valence-corrected chi connectivity index (χ1v) is 5.83. The number of hydrogen-bond donors (Lipinski definition) is 1. The molecule has 1 aliphatic rings. The van der Waals surface area contributed by atoms with Gasteiger partial charge in [-0.2, -0.15) is 0 Å². The number of nitrogens with two attached hydrogens (primary N) is 1. The molecule has 0 radical (unpaired) electrons. The Morgan fingerprint density at radius 1 is 1.41 bits per heavy atom. The molecule has 2 N–H and O–H groups in total. The first-order valence-electron chi connectivity index (χ1n) is 5.83. The molecule has 1 aromatic rings. The fourth-order valence-electron chi connectivity index (χ4n) is 1.82. The zero-order valence-electron chi connectivity index (χ0n) is 10.3. The van der Waals surface area contributed by atoms with E-state index in [0.29, 0.717) is 13.2 Å². The Hall–Kier alpha value is -1.10. The van der Waals surface area contributed by atoms with Crippen LogP contribution in [0.3, 0.4) is 0 Å². The normalized spacial score (nSPS) is 19.5. The largest absolute Gasteiger partial charge is 0.497 e. The molecule has 1 saturated heterocycles. The van der Waals surface area contributed by atoms with E-state index in [1.54, 1.807) is 7.11 Å². The molecule has 4 nitrogen and oxygen atoms in total. The van der Waals surface area contributed by atoms with Crippen LogP contribution in [0.4, 0.5) is 0 Å². The van der Waals surface area contributed by atoms with Crippen molar-refractivity contribution in [3.63, 3.8) is 0 Å². The maximum atomic E-state index is 5.98. The predicted octanol–water partition coefficient (Wildman–Crippen LogP) is 1.50. The molecule has 0 aliphatic carbocycles. The highest BCUT2D eigenvalue weighted by atomic mass is 16.6. The quantitative estimate of drug-likeness (QED) is 0.843. The molecule has 0 bridgehead atoms. The Morgan fingerprint density at radius 3 is 2.71 bits per heavy atom. The van der Waals surface area contributed by atoms with Crippen LogP contribution < -0.4 is 10.5 Å². The molecule has 4 heteroatoms. The topological polar surface area (TPSA) is 53.7 Å². The summed E-state index contributed by atoms with van der Waals surface area (Å²) >= 11 is 0. The van der Waals surface area contributed by atoms with Crippen LogP contribution in [-0.2, 0) is 9.47 Å². The van der Waals surface area contributed by atoms with E-state index in [4.69, 9.17) is 19.9 Å². The first-order chi connectivity index (χ1) is 8.20. The van der Waals surface area contributed by atoms with Crippen molar-refractivity contribution in [3.8, 4) is 5.75 Å². The van der Waals surface area contributed by atoms with Crippen LogP contribution in [0.5, 0.6) is 5.75 Å². The highest BCUT2D eigenvalue weighted by Crippen LogP contribution is 2.26. The minimum atomic E-state index is -0.112.